The van der Waals surface area contributed by atoms with Gasteiger partial charge in [0.05, 0.1) is 16.7 Å². The van der Waals surface area contributed by atoms with Crippen LogP contribution in [0.2, 0.25) is 0 Å². The van der Waals surface area contributed by atoms with E-state index >= 15 is 0 Å². The zero-order chi connectivity index (χ0) is 18.5. The smallest absolute Gasteiger partial charge is 0.308 e. The first-order valence-corrected chi connectivity index (χ1v) is 8.77. The Labute approximate surface area is 153 Å². The number of thioether (sulfide) groups is 1. The zero-order valence-electron chi connectivity index (χ0n) is 13.9. The summed E-state index contributed by atoms with van der Waals surface area (Å²) in [6.07, 6.45) is 0. The first-order valence-electron chi connectivity index (χ1n) is 7.79. The van der Waals surface area contributed by atoms with Gasteiger partial charge in [-0.2, -0.15) is 0 Å². The number of fused-ring (bicyclic) bond motifs is 1. The van der Waals surface area contributed by atoms with Gasteiger partial charge in [0.25, 0.3) is 5.56 Å². The molecule has 1 aromatic heterocycles. The number of benzene rings is 2. The van der Waals surface area contributed by atoms with Crippen LogP contribution in [0.4, 0.5) is 10.5 Å². The summed E-state index contributed by atoms with van der Waals surface area (Å²) < 4.78 is 1.39. The number of amides is 3. The van der Waals surface area contributed by atoms with E-state index in [9.17, 15) is 14.4 Å². The molecule has 0 bridgehead atoms. The number of nitrogens with zero attached hydrogens (tertiary/aromatic N) is 2. The highest BCUT2D eigenvalue weighted by Crippen LogP contribution is 2.16. The molecule has 0 saturated carbocycles. The summed E-state index contributed by atoms with van der Waals surface area (Å²) in [5.74, 6) is -0.522. The van der Waals surface area contributed by atoms with E-state index in [-0.39, 0.29) is 11.3 Å². The summed E-state index contributed by atoms with van der Waals surface area (Å²) in [6.45, 7) is 0. The van der Waals surface area contributed by atoms with Crippen LogP contribution in [0.3, 0.4) is 0 Å². The van der Waals surface area contributed by atoms with Crippen molar-refractivity contribution in [2.24, 2.45) is 7.05 Å². The Morgan fingerprint density at radius 3 is 2.54 bits per heavy atom. The molecule has 3 aromatic rings. The van der Waals surface area contributed by atoms with Gasteiger partial charge in [-0.25, -0.2) is 9.78 Å². The molecule has 0 aliphatic rings. The molecule has 26 heavy (non-hydrogen) atoms. The summed E-state index contributed by atoms with van der Waals surface area (Å²) in [5, 5.41) is 5.74. The predicted molar refractivity (Wildman–Crippen MR) is 101 cm³/mol. The molecule has 3 rings (SSSR count). The van der Waals surface area contributed by atoms with E-state index in [1.54, 1.807) is 55.6 Å². The molecule has 0 atom stereocenters. The number of carbonyl (C=O) groups excluding carboxylic acids is 2. The molecule has 0 radical (unpaired) electrons. The maximum Gasteiger partial charge on any atom is 0.325 e. The van der Waals surface area contributed by atoms with Crippen LogP contribution in [-0.4, -0.2) is 27.2 Å². The largest absolute Gasteiger partial charge is 0.325 e. The van der Waals surface area contributed by atoms with Gasteiger partial charge in [0.15, 0.2) is 5.16 Å². The lowest BCUT2D eigenvalue weighted by atomic mass is 10.2. The van der Waals surface area contributed by atoms with Gasteiger partial charge in [-0.15, -0.1) is 0 Å². The number of nitrogens with one attached hydrogen (secondary N) is 2. The van der Waals surface area contributed by atoms with E-state index < -0.39 is 11.9 Å². The molecule has 0 unspecified atom stereocenters. The number of anilines is 1. The molecule has 0 saturated heterocycles. The summed E-state index contributed by atoms with van der Waals surface area (Å²) in [6, 6.07) is 15.2. The first kappa shape index (κ1) is 17.7. The molecule has 0 spiro atoms. The van der Waals surface area contributed by atoms with Crippen LogP contribution in [0, 0.1) is 0 Å². The van der Waals surface area contributed by atoms with Crippen LogP contribution < -0.4 is 16.2 Å². The van der Waals surface area contributed by atoms with Crippen LogP contribution in [0.1, 0.15) is 0 Å². The molecule has 1 heterocycles. The zero-order valence-corrected chi connectivity index (χ0v) is 14.7. The van der Waals surface area contributed by atoms with Crippen LogP contribution in [-0.2, 0) is 11.8 Å². The molecule has 2 aromatic carbocycles. The third-order valence-corrected chi connectivity index (χ3v) is 4.59. The monoisotopic (exact) mass is 368 g/mol. The van der Waals surface area contributed by atoms with Gasteiger partial charge in [-0.1, -0.05) is 42.1 Å². The number of carbonyl (C=O) groups is 2. The molecular formula is C18H16N4O3S. The van der Waals surface area contributed by atoms with Crippen molar-refractivity contribution in [2.75, 3.05) is 11.1 Å². The Kier molecular flexibility index (Phi) is 5.33. The Morgan fingerprint density at radius 2 is 1.77 bits per heavy atom. The van der Waals surface area contributed by atoms with Crippen molar-refractivity contribution < 1.29 is 9.59 Å². The summed E-state index contributed by atoms with van der Waals surface area (Å²) in [4.78, 5) is 40.5. The Hall–Kier alpha value is -3.13. The van der Waals surface area contributed by atoms with Crippen molar-refractivity contribution in [3.05, 3.63) is 65.0 Å². The van der Waals surface area contributed by atoms with Crippen molar-refractivity contribution in [1.82, 2.24) is 14.9 Å². The standard InChI is InChI=1S/C18H16N4O3S/c1-22-16(24)13-9-5-6-10-14(13)20-18(22)26-11-15(23)21-17(25)19-12-7-3-2-4-8-12/h2-10H,11H2,1H3,(H2,19,21,23,25). The van der Waals surface area contributed by atoms with Crippen molar-refractivity contribution in [2.45, 2.75) is 5.16 Å². The van der Waals surface area contributed by atoms with E-state index in [0.29, 0.717) is 21.7 Å². The molecule has 2 N–H and O–H groups in total. The number of hydrogen-bond donors (Lipinski definition) is 2. The molecule has 0 aliphatic carbocycles. The van der Waals surface area contributed by atoms with Gasteiger partial charge in [0.1, 0.15) is 0 Å². The third-order valence-electron chi connectivity index (χ3n) is 3.56. The van der Waals surface area contributed by atoms with Gasteiger partial charge in [-0.3, -0.25) is 19.5 Å². The number of hydrogen-bond acceptors (Lipinski definition) is 5. The third kappa shape index (κ3) is 4.09. The highest BCUT2D eigenvalue weighted by Gasteiger charge is 2.12. The average Bonchev–Trinajstić information content (AvgIpc) is 2.64. The normalized spacial score (nSPS) is 10.5. The van der Waals surface area contributed by atoms with Gasteiger partial charge in [0, 0.05) is 12.7 Å². The Bertz CT molecular complexity index is 1020. The van der Waals surface area contributed by atoms with Gasteiger partial charge < -0.3 is 5.32 Å². The highest BCUT2D eigenvalue weighted by molar-refractivity contribution is 7.99. The van der Waals surface area contributed by atoms with Gasteiger partial charge in [0.2, 0.25) is 5.91 Å². The fourth-order valence-electron chi connectivity index (χ4n) is 2.30. The molecule has 132 valence electrons. The average molecular weight is 368 g/mol. The highest BCUT2D eigenvalue weighted by atomic mass is 32.2. The Balaban J connectivity index is 1.63. The maximum absolute atomic E-state index is 12.3. The number of aromatic nitrogens is 2. The molecule has 0 aliphatic heterocycles. The number of para-hydroxylation sites is 2. The second-order valence-electron chi connectivity index (χ2n) is 5.43. The summed E-state index contributed by atoms with van der Waals surface area (Å²) in [5.41, 5.74) is 0.977. The first-order chi connectivity index (χ1) is 12.5. The summed E-state index contributed by atoms with van der Waals surface area (Å²) in [7, 11) is 1.60. The minimum atomic E-state index is -0.609. The molecular weight excluding hydrogens is 352 g/mol. The van der Waals surface area contributed by atoms with Crippen molar-refractivity contribution in [3.63, 3.8) is 0 Å². The molecule has 3 amide bonds. The fourth-order valence-corrected chi connectivity index (χ4v) is 3.08. The number of imide groups is 1. The molecule has 7 nitrogen and oxygen atoms in total. The minimum absolute atomic E-state index is 0.0408. The van der Waals surface area contributed by atoms with E-state index in [1.807, 2.05) is 6.07 Å². The fraction of sp³-hybridized carbons (Fsp3) is 0.111. The lowest BCUT2D eigenvalue weighted by Gasteiger charge is -2.09. The topological polar surface area (TPSA) is 93.1 Å². The Morgan fingerprint density at radius 1 is 1.08 bits per heavy atom. The quantitative estimate of drug-likeness (QED) is 0.545. The molecule has 0 fully saturated rings. The van der Waals surface area contributed by atoms with Crippen molar-refractivity contribution in [1.29, 1.82) is 0 Å². The second-order valence-corrected chi connectivity index (χ2v) is 6.38. The number of rotatable bonds is 4. The van der Waals surface area contributed by atoms with E-state index in [1.165, 1.54) is 4.57 Å². The molecule has 8 heteroatoms. The lowest BCUT2D eigenvalue weighted by Crippen LogP contribution is -2.35. The van der Waals surface area contributed by atoms with E-state index in [4.69, 9.17) is 0 Å². The minimum Gasteiger partial charge on any atom is -0.308 e. The van der Waals surface area contributed by atoms with Crippen LogP contribution in [0.15, 0.2) is 64.5 Å². The summed E-state index contributed by atoms with van der Waals surface area (Å²) >= 11 is 1.09. The van der Waals surface area contributed by atoms with Crippen molar-refractivity contribution in [3.8, 4) is 0 Å². The van der Waals surface area contributed by atoms with Crippen LogP contribution >= 0.6 is 11.8 Å². The van der Waals surface area contributed by atoms with Gasteiger partial charge >= 0.3 is 6.03 Å². The van der Waals surface area contributed by atoms with Gasteiger partial charge in [-0.05, 0) is 24.3 Å². The SMILES string of the molecule is Cn1c(SCC(=O)NC(=O)Nc2ccccc2)nc2ccccc2c1=O. The second kappa shape index (κ2) is 7.83. The van der Waals surface area contributed by atoms with Crippen LogP contribution in [0.5, 0.6) is 0 Å². The maximum atomic E-state index is 12.3. The number of urea groups is 1. The van der Waals surface area contributed by atoms with E-state index in [0.717, 1.165) is 11.8 Å². The lowest BCUT2D eigenvalue weighted by molar-refractivity contribution is -0.117. The van der Waals surface area contributed by atoms with Crippen LogP contribution in [0.25, 0.3) is 10.9 Å². The van der Waals surface area contributed by atoms with E-state index in [2.05, 4.69) is 15.6 Å². The predicted octanol–water partition coefficient (Wildman–Crippen LogP) is 2.37. The van der Waals surface area contributed by atoms with Crippen molar-refractivity contribution >= 4 is 40.3 Å².